The Kier molecular flexibility index (Phi) is 6.92. The van der Waals surface area contributed by atoms with Crippen molar-refractivity contribution in [1.29, 1.82) is 0 Å². The summed E-state index contributed by atoms with van der Waals surface area (Å²) < 4.78 is 5.18. The number of hydrogen-bond donors (Lipinski definition) is 3. The van der Waals surface area contributed by atoms with Crippen molar-refractivity contribution in [2.24, 2.45) is 5.73 Å². The average molecular weight is 216 g/mol. The van der Waals surface area contributed by atoms with Gasteiger partial charge in [0, 0.05) is 18.7 Å². The van der Waals surface area contributed by atoms with E-state index in [2.05, 4.69) is 5.32 Å². The first-order chi connectivity index (χ1) is 7.33. The van der Waals surface area contributed by atoms with Crippen molar-refractivity contribution in [2.45, 2.75) is 44.2 Å². The third-order valence-corrected chi connectivity index (χ3v) is 2.85. The van der Waals surface area contributed by atoms with Crippen LogP contribution in [0.2, 0.25) is 0 Å². The van der Waals surface area contributed by atoms with E-state index in [0.717, 1.165) is 26.0 Å². The Labute approximate surface area is 92.2 Å². The number of rotatable bonds is 7. The highest BCUT2D eigenvalue weighted by Gasteiger charge is 2.17. The second kappa shape index (κ2) is 8.05. The summed E-state index contributed by atoms with van der Waals surface area (Å²) in [5.41, 5.74) is 5.90. The summed E-state index contributed by atoms with van der Waals surface area (Å²) in [7, 11) is 0. The van der Waals surface area contributed by atoms with E-state index in [9.17, 15) is 0 Å². The van der Waals surface area contributed by atoms with Crippen molar-refractivity contribution < 1.29 is 9.84 Å². The summed E-state index contributed by atoms with van der Waals surface area (Å²) in [6, 6.07) is 0.994. The van der Waals surface area contributed by atoms with Crippen molar-refractivity contribution in [1.82, 2.24) is 5.32 Å². The second-order valence-corrected chi connectivity index (χ2v) is 4.27. The first-order valence-corrected chi connectivity index (χ1v) is 6.00. The standard InChI is InChI=1S/C11H24N2O2/c12-10-3-1-4-11(9-10)13-5-2-7-15-8-6-14/h10-11,13-14H,1-9,12H2. The largest absolute Gasteiger partial charge is 0.394 e. The molecule has 0 aromatic heterocycles. The minimum absolute atomic E-state index is 0.116. The van der Waals surface area contributed by atoms with E-state index in [0.29, 0.717) is 18.7 Å². The number of hydrogen-bond acceptors (Lipinski definition) is 4. The maximum atomic E-state index is 8.50. The summed E-state index contributed by atoms with van der Waals surface area (Å²) in [6.45, 7) is 2.29. The molecule has 0 aromatic rings. The van der Waals surface area contributed by atoms with E-state index < -0.39 is 0 Å². The van der Waals surface area contributed by atoms with Crippen molar-refractivity contribution >= 4 is 0 Å². The lowest BCUT2D eigenvalue weighted by Gasteiger charge is -2.27. The van der Waals surface area contributed by atoms with Gasteiger partial charge in [-0.1, -0.05) is 6.42 Å². The SMILES string of the molecule is NC1CCCC(NCCCOCCO)C1. The second-order valence-electron chi connectivity index (χ2n) is 4.27. The summed E-state index contributed by atoms with van der Waals surface area (Å²) in [5, 5.41) is 12.0. The molecular formula is C11H24N2O2. The van der Waals surface area contributed by atoms with Gasteiger partial charge in [-0.05, 0) is 32.2 Å². The molecule has 2 unspecified atom stereocenters. The average Bonchev–Trinajstić information content (AvgIpc) is 2.23. The molecule has 2 atom stereocenters. The molecule has 4 heteroatoms. The van der Waals surface area contributed by atoms with Crippen molar-refractivity contribution in [3.8, 4) is 0 Å². The molecule has 0 saturated heterocycles. The lowest BCUT2D eigenvalue weighted by atomic mass is 9.91. The van der Waals surface area contributed by atoms with Crippen molar-refractivity contribution in [2.75, 3.05) is 26.4 Å². The van der Waals surface area contributed by atoms with Crippen LogP contribution in [0.25, 0.3) is 0 Å². The highest BCUT2D eigenvalue weighted by Crippen LogP contribution is 2.16. The normalized spacial score (nSPS) is 26.8. The minimum Gasteiger partial charge on any atom is -0.394 e. The van der Waals surface area contributed by atoms with Gasteiger partial charge in [-0.3, -0.25) is 0 Å². The van der Waals surface area contributed by atoms with Crippen LogP contribution in [-0.4, -0.2) is 43.6 Å². The zero-order valence-corrected chi connectivity index (χ0v) is 9.45. The third-order valence-electron chi connectivity index (χ3n) is 2.85. The number of aliphatic hydroxyl groups is 1. The van der Waals surface area contributed by atoms with Gasteiger partial charge < -0.3 is 20.9 Å². The maximum Gasteiger partial charge on any atom is 0.0697 e. The van der Waals surface area contributed by atoms with Gasteiger partial charge in [0.25, 0.3) is 0 Å². The molecule has 0 aromatic carbocycles. The Morgan fingerprint density at radius 1 is 1.33 bits per heavy atom. The zero-order chi connectivity index (χ0) is 10.9. The number of nitrogens with two attached hydrogens (primary N) is 1. The third kappa shape index (κ3) is 6.10. The number of ether oxygens (including phenoxy) is 1. The van der Waals surface area contributed by atoms with Gasteiger partial charge in [0.1, 0.15) is 0 Å². The molecule has 1 fully saturated rings. The van der Waals surface area contributed by atoms with E-state index in [1.807, 2.05) is 0 Å². The highest BCUT2D eigenvalue weighted by molar-refractivity contribution is 4.79. The Hall–Kier alpha value is -0.160. The Balaban J connectivity index is 1.90. The Morgan fingerprint density at radius 3 is 2.93 bits per heavy atom. The zero-order valence-electron chi connectivity index (χ0n) is 9.45. The molecule has 0 heterocycles. The molecule has 0 bridgehead atoms. The summed E-state index contributed by atoms with van der Waals surface area (Å²) in [4.78, 5) is 0. The van der Waals surface area contributed by atoms with Gasteiger partial charge in [-0.15, -0.1) is 0 Å². The van der Waals surface area contributed by atoms with Crippen LogP contribution in [0.15, 0.2) is 0 Å². The fourth-order valence-electron chi connectivity index (χ4n) is 2.06. The van der Waals surface area contributed by atoms with Crippen LogP contribution in [0.5, 0.6) is 0 Å². The van der Waals surface area contributed by atoms with Crippen molar-refractivity contribution in [3.05, 3.63) is 0 Å². The molecule has 4 N–H and O–H groups in total. The number of nitrogens with one attached hydrogen (secondary N) is 1. The van der Waals surface area contributed by atoms with E-state index >= 15 is 0 Å². The predicted molar refractivity (Wildman–Crippen MR) is 60.8 cm³/mol. The van der Waals surface area contributed by atoms with Crippen LogP contribution >= 0.6 is 0 Å². The molecule has 4 nitrogen and oxygen atoms in total. The molecule has 1 aliphatic rings. The molecule has 15 heavy (non-hydrogen) atoms. The van der Waals surface area contributed by atoms with Gasteiger partial charge in [0.05, 0.1) is 13.2 Å². The van der Waals surface area contributed by atoms with E-state index in [1.54, 1.807) is 0 Å². The van der Waals surface area contributed by atoms with E-state index in [1.165, 1.54) is 19.3 Å². The Morgan fingerprint density at radius 2 is 2.20 bits per heavy atom. The lowest BCUT2D eigenvalue weighted by molar-refractivity contribution is 0.0901. The predicted octanol–water partition coefficient (Wildman–Crippen LogP) is 0.245. The fraction of sp³-hybridized carbons (Fsp3) is 1.00. The van der Waals surface area contributed by atoms with Crippen LogP contribution in [0.1, 0.15) is 32.1 Å². The molecule has 0 amide bonds. The molecule has 1 rings (SSSR count). The van der Waals surface area contributed by atoms with E-state index in [4.69, 9.17) is 15.6 Å². The highest BCUT2D eigenvalue weighted by atomic mass is 16.5. The molecule has 1 saturated carbocycles. The van der Waals surface area contributed by atoms with Crippen LogP contribution in [0, 0.1) is 0 Å². The van der Waals surface area contributed by atoms with E-state index in [-0.39, 0.29) is 6.61 Å². The maximum absolute atomic E-state index is 8.50. The van der Waals surface area contributed by atoms with Gasteiger partial charge in [-0.2, -0.15) is 0 Å². The Bertz CT molecular complexity index is 156. The molecule has 0 aliphatic heterocycles. The molecule has 1 aliphatic carbocycles. The first kappa shape index (κ1) is 12.9. The minimum atomic E-state index is 0.116. The van der Waals surface area contributed by atoms with Crippen molar-refractivity contribution in [3.63, 3.8) is 0 Å². The smallest absolute Gasteiger partial charge is 0.0697 e. The molecular weight excluding hydrogens is 192 g/mol. The number of aliphatic hydroxyl groups excluding tert-OH is 1. The molecule has 90 valence electrons. The van der Waals surface area contributed by atoms with Crippen LogP contribution in [0.3, 0.4) is 0 Å². The fourth-order valence-corrected chi connectivity index (χ4v) is 2.06. The van der Waals surface area contributed by atoms with Crippen LogP contribution in [-0.2, 0) is 4.74 Å². The topological polar surface area (TPSA) is 67.5 Å². The molecule has 0 spiro atoms. The van der Waals surface area contributed by atoms with Gasteiger partial charge in [0.2, 0.25) is 0 Å². The summed E-state index contributed by atoms with van der Waals surface area (Å²) in [5.74, 6) is 0. The van der Waals surface area contributed by atoms with Gasteiger partial charge >= 0.3 is 0 Å². The monoisotopic (exact) mass is 216 g/mol. The van der Waals surface area contributed by atoms with Gasteiger partial charge in [-0.25, -0.2) is 0 Å². The van der Waals surface area contributed by atoms with Crippen LogP contribution < -0.4 is 11.1 Å². The molecule has 0 radical (unpaired) electrons. The lowest BCUT2D eigenvalue weighted by Crippen LogP contribution is -2.39. The summed E-state index contributed by atoms with van der Waals surface area (Å²) >= 11 is 0. The quantitative estimate of drug-likeness (QED) is 0.533. The van der Waals surface area contributed by atoms with Crippen LogP contribution in [0.4, 0.5) is 0 Å². The summed E-state index contributed by atoms with van der Waals surface area (Å²) in [6.07, 6.45) is 5.80. The first-order valence-electron chi connectivity index (χ1n) is 6.00. The van der Waals surface area contributed by atoms with Gasteiger partial charge in [0.15, 0.2) is 0 Å².